The van der Waals surface area contributed by atoms with Gasteiger partial charge in [-0.3, -0.25) is 14.5 Å². The smallest absolute Gasteiger partial charge is 0.270 e. The standard InChI is InChI=1S/C16H11N3O4S2/c1-25(22,23)12-5-6-14-15(8-12)24-16-17-13(9-18(14)16)10-3-2-4-11(7-10)19(20)21/h2-9H,1H3. The van der Waals surface area contributed by atoms with Gasteiger partial charge in [0.05, 0.1) is 25.7 Å². The van der Waals surface area contributed by atoms with E-state index in [2.05, 4.69) is 4.98 Å². The Morgan fingerprint density at radius 1 is 1.20 bits per heavy atom. The first-order valence-electron chi connectivity index (χ1n) is 7.19. The zero-order valence-electron chi connectivity index (χ0n) is 12.9. The van der Waals surface area contributed by atoms with Gasteiger partial charge in [0, 0.05) is 30.1 Å². The van der Waals surface area contributed by atoms with E-state index >= 15 is 0 Å². The van der Waals surface area contributed by atoms with Gasteiger partial charge in [-0.1, -0.05) is 23.5 Å². The molecule has 4 aromatic rings. The number of aromatic nitrogens is 2. The van der Waals surface area contributed by atoms with Crippen molar-refractivity contribution in [3.8, 4) is 11.3 Å². The van der Waals surface area contributed by atoms with Crippen LogP contribution in [0.5, 0.6) is 0 Å². The second-order valence-electron chi connectivity index (χ2n) is 5.59. The number of imidazole rings is 1. The van der Waals surface area contributed by atoms with E-state index in [4.69, 9.17) is 0 Å². The van der Waals surface area contributed by atoms with Crippen LogP contribution in [0.25, 0.3) is 26.4 Å². The molecule has 0 spiro atoms. The third-order valence-electron chi connectivity index (χ3n) is 3.85. The zero-order chi connectivity index (χ0) is 17.8. The van der Waals surface area contributed by atoms with Crippen molar-refractivity contribution in [1.29, 1.82) is 0 Å². The molecule has 0 saturated heterocycles. The lowest BCUT2D eigenvalue weighted by Crippen LogP contribution is -1.96. The molecule has 0 amide bonds. The van der Waals surface area contributed by atoms with Gasteiger partial charge in [-0.25, -0.2) is 13.4 Å². The highest BCUT2D eigenvalue weighted by Crippen LogP contribution is 2.31. The second kappa shape index (κ2) is 5.36. The predicted octanol–water partition coefficient (Wildman–Crippen LogP) is 3.53. The molecule has 126 valence electrons. The molecule has 0 aliphatic heterocycles. The summed E-state index contributed by atoms with van der Waals surface area (Å²) in [7, 11) is -3.27. The van der Waals surface area contributed by atoms with Gasteiger partial charge in [-0.2, -0.15) is 0 Å². The Kier molecular flexibility index (Phi) is 3.37. The van der Waals surface area contributed by atoms with Crippen molar-refractivity contribution in [2.75, 3.05) is 6.26 Å². The van der Waals surface area contributed by atoms with E-state index in [1.807, 2.05) is 4.40 Å². The summed E-state index contributed by atoms with van der Waals surface area (Å²) in [5, 5.41) is 10.9. The predicted molar refractivity (Wildman–Crippen MR) is 95.8 cm³/mol. The highest BCUT2D eigenvalue weighted by Gasteiger charge is 2.15. The molecule has 0 fully saturated rings. The number of hydrogen-bond acceptors (Lipinski definition) is 6. The van der Waals surface area contributed by atoms with E-state index in [0.29, 0.717) is 16.2 Å². The van der Waals surface area contributed by atoms with Crippen molar-refractivity contribution in [3.05, 3.63) is 58.8 Å². The van der Waals surface area contributed by atoms with Crippen LogP contribution in [0.15, 0.2) is 53.6 Å². The Morgan fingerprint density at radius 3 is 2.72 bits per heavy atom. The van der Waals surface area contributed by atoms with E-state index in [1.165, 1.54) is 29.7 Å². The molecule has 0 unspecified atom stereocenters. The van der Waals surface area contributed by atoms with Crippen LogP contribution in [0.3, 0.4) is 0 Å². The molecule has 0 bridgehead atoms. The lowest BCUT2D eigenvalue weighted by Gasteiger charge is -1.98. The van der Waals surface area contributed by atoms with E-state index < -0.39 is 14.8 Å². The van der Waals surface area contributed by atoms with Gasteiger partial charge >= 0.3 is 0 Å². The van der Waals surface area contributed by atoms with E-state index in [1.54, 1.807) is 36.5 Å². The van der Waals surface area contributed by atoms with Crippen LogP contribution < -0.4 is 0 Å². The summed E-state index contributed by atoms with van der Waals surface area (Å²) < 4.78 is 26.0. The van der Waals surface area contributed by atoms with Crippen molar-refractivity contribution in [3.63, 3.8) is 0 Å². The van der Waals surface area contributed by atoms with Crippen molar-refractivity contribution in [2.45, 2.75) is 4.90 Å². The number of hydrogen-bond donors (Lipinski definition) is 0. The summed E-state index contributed by atoms with van der Waals surface area (Å²) in [5.41, 5.74) is 2.14. The summed E-state index contributed by atoms with van der Waals surface area (Å²) in [6.07, 6.45) is 2.97. The number of benzene rings is 2. The Morgan fingerprint density at radius 2 is 2.00 bits per heavy atom. The van der Waals surface area contributed by atoms with E-state index in [-0.39, 0.29) is 10.6 Å². The fraction of sp³-hybridized carbons (Fsp3) is 0.0625. The molecular formula is C16H11N3O4S2. The normalized spacial score (nSPS) is 12.0. The molecule has 0 N–H and O–H groups in total. The average molecular weight is 373 g/mol. The van der Waals surface area contributed by atoms with E-state index in [0.717, 1.165) is 10.2 Å². The number of fused-ring (bicyclic) bond motifs is 3. The highest BCUT2D eigenvalue weighted by molar-refractivity contribution is 7.90. The minimum absolute atomic E-state index is 0.0107. The number of sulfone groups is 1. The maximum Gasteiger partial charge on any atom is 0.270 e. The van der Waals surface area contributed by atoms with Crippen LogP contribution in [0.4, 0.5) is 5.69 Å². The molecular weight excluding hydrogens is 362 g/mol. The first kappa shape index (κ1) is 15.7. The number of nitro groups is 1. The minimum Gasteiger partial charge on any atom is -0.290 e. The van der Waals surface area contributed by atoms with Crippen LogP contribution in [0.2, 0.25) is 0 Å². The lowest BCUT2D eigenvalue weighted by molar-refractivity contribution is -0.384. The van der Waals surface area contributed by atoms with Gasteiger partial charge in [0.25, 0.3) is 5.69 Å². The molecule has 0 radical (unpaired) electrons. The quantitative estimate of drug-likeness (QED) is 0.404. The molecule has 9 heteroatoms. The number of nitro benzene ring substituents is 1. The first-order chi connectivity index (χ1) is 11.8. The molecule has 0 saturated carbocycles. The van der Waals surface area contributed by atoms with Crippen LogP contribution in [-0.4, -0.2) is 29.0 Å². The molecule has 0 aliphatic rings. The van der Waals surface area contributed by atoms with Gasteiger partial charge in [-0.15, -0.1) is 0 Å². The lowest BCUT2D eigenvalue weighted by atomic mass is 10.1. The van der Waals surface area contributed by atoms with Crippen LogP contribution in [-0.2, 0) is 9.84 Å². The molecule has 25 heavy (non-hydrogen) atoms. The minimum atomic E-state index is -3.27. The second-order valence-corrected chi connectivity index (χ2v) is 8.61. The van der Waals surface area contributed by atoms with Crippen LogP contribution >= 0.6 is 11.3 Å². The molecule has 7 nitrogen and oxygen atoms in total. The third kappa shape index (κ3) is 2.67. The Hall–Kier alpha value is -2.78. The highest BCUT2D eigenvalue weighted by atomic mass is 32.2. The van der Waals surface area contributed by atoms with Gasteiger partial charge in [-0.05, 0) is 18.2 Å². The summed E-state index contributed by atoms with van der Waals surface area (Å²) in [6.45, 7) is 0. The number of rotatable bonds is 3. The van der Waals surface area contributed by atoms with Gasteiger partial charge in [0.2, 0.25) is 0 Å². The van der Waals surface area contributed by atoms with Crippen LogP contribution in [0.1, 0.15) is 0 Å². The van der Waals surface area contributed by atoms with Crippen molar-refractivity contribution >= 4 is 42.0 Å². The fourth-order valence-corrected chi connectivity index (χ4v) is 4.40. The molecule has 2 aromatic carbocycles. The summed E-state index contributed by atoms with van der Waals surface area (Å²) in [4.78, 5) is 16.0. The maximum atomic E-state index is 11.7. The molecule has 0 aliphatic carbocycles. The number of non-ortho nitro benzene ring substituents is 1. The van der Waals surface area contributed by atoms with Crippen molar-refractivity contribution < 1.29 is 13.3 Å². The van der Waals surface area contributed by atoms with Gasteiger partial charge in [0.1, 0.15) is 0 Å². The summed E-state index contributed by atoms with van der Waals surface area (Å²) in [5.74, 6) is 0. The van der Waals surface area contributed by atoms with E-state index in [9.17, 15) is 18.5 Å². The number of thiazole rings is 1. The van der Waals surface area contributed by atoms with Gasteiger partial charge < -0.3 is 0 Å². The largest absolute Gasteiger partial charge is 0.290 e. The van der Waals surface area contributed by atoms with Crippen molar-refractivity contribution in [2.24, 2.45) is 0 Å². The topological polar surface area (TPSA) is 94.6 Å². The SMILES string of the molecule is CS(=O)(=O)c1ccc2c(c1)sc1nc(-c3cccc([N+](=O)[O-])c3)cn12. The Labute approximate surface area is 146 Å². The van der Waals surface area contributed by atoms with Crippen LogP contribution in [0, 0.1) is 10.1 Å². The fourth-order valence-electron chi connectivity index (χ4n) is 2.63. The van der Waals surface area contributed by atoms with Crippen molar-refractivity contribution in [1.82, 2.24) is 9.38 Å². The molecule has 2 aromatic heterocycles. The monoisotopic (exact) mass is 373 g/mol. The molecule has 2 heterocycles. The maximum absolute atomic E-state index is 11.7. The zero-order valence-corrected chi connectivity index (χ0v) is 14.5. The number of nitrogens with zero attached hydrogens (tertiary/aromatic N) is 3. The summed E-state index contributed by atoms with van der Waals surface area (Å²) in [6, 6.07) is 11.3. The average Bonchev–Trinajstić information content (AvgIpc) is 3.11. The summed E-state index contributed by atoms with van der Waals surface area (Å²) >= 11 is 1.37. The van der Waals surface area contributed by atoms with Gasteiger partial charge in [0.15, 0.2) is 14.8 Å². The molecule has 4 rings (SSSR count). The first-order valence-corrected chi connectivity index (χ1v) is 9.90. The molecule has 0 atom stereocenters. The Balaban J connectivity index is 1.86. The third-order valence-corrected chi connectivity index (χ3v) is 5.97. The Bertz CT molecular complexity index is 1260.